The molecule has 0 spiro atoms. The molecule has 1 N–H and O–H groups in total. The molecule has 1 heteroatoms. The number of benzene rings is 1. The minimum absolute atomic E-state index is 0.622. The number of rotatable bonds is 3. The Kier molecular flexibility index (Phi) is 2.87. The van der Waals surface area contributed by atoms with Crippen LogP contribution >= 0.6 is 0 Å². The number of hydrogen-bond acceptors (Lipinski definition) is 1. The van der Waals surface area contributed by atoms with Gasteiger partial charge in [-0.05, 0) is 24.3 Å². The van der Waals surface area contributed by atoms with Gasteiger partial charge in [-0.2, -0.15) is 0 Å². The normalized spacial score (nSPS) is 26.2. The number of nitrogens with one attached hydrogen (secondary N) is 1. The smallest absolute Gasteiger partial charge is 0.00810 e. The van der Waals surface area contributed by atoms with E-state index in [1.165, 1.54) is 18.4 Å². The van der Waals surface area contributed by atoms with Crippen molar-refractivity contribution in [3.8, 4) is 0 Å². The molecular weight excluding hydrogens is 170 g/mol. The van der Waals surface area contributed by atoms with E-state index < -0.39 is 0 Å². The molecule has 0 radical (unpaired) electrons. The third-order valence-corrected chi connectivity index (χ3v) is 2.98. The van der Waals surface area contributed by atoms with Crippen LogP contribution in [0.25, 0.3) is 0 Å². The molecule has 14 heavy (non-hydrogen) atoms. The van der Waals surface area contributed by atoms with Crippen molar-refractivity contribution in [1.29, 1.82) is 0 Å². The molecule has 1 aromatic carbocycles. The van der Waals surface area contributed by atoms with E-state index in [4.69, 9.17) is 0 Å². The Hall–Kier alpha value is -0.820. The molecule has 1 aromatic rings. The van der Waals surface area contributed by atoms with Gasteiger partial charge < -0.3 is 5.32 Å². The summed E-state index contributed by atoms with van der Waals surface area (Å²) in [6.07, 6.45) is 2.62. The second-order valence-electron chi connectivity index (χ2n) is 4.60. The van der Waals surface area contributed by atoms with Crippen LogP contribution in [0.1, 0.15) is 38.2 Å². The van der Waals surface area contributed by atoms with Crippen LogP contribution in [0.3, 0.4) is 0 Å². The fourth-order valence-electron chi connectivity index (χ4n) is 2.22. The molecule has 76 valence electrons. The lowest BCUT2D eigenvalue weighted by atomic mass is 9.76. The molecule has 1 nitrogen and oxygen atoms in total. The van der Waals surface area contributed by atoms with E-state index in [2.05, 4.69) is 49.5 Å². The molecule has 0 aromatic heterocycles. The maximum Gasteiger partial charge on any atom is 0.00810 e. The molecule has 1 aliphatic carbocycles. The summed E-state index contributed by atoms with van der Waals surface area (Å²) in [5.41, 5.74) is 1.51. The predicted octanol–water partition coefficient (Wildman–Crippen LogP) is 2.93. The Morgan fingerprint density at radius 2 is 1.79 bits per heavy atom. The highest BCUT2D eigenvalue weighted by molar-refractivity contribution is 5.22. The topological polar surface area (TPSA) is 12.0 Å². The highest BCUT2D eigenvalue weighted by Gasteiger charge is 2.29. The van der Waals surface area contributed by atoms with Gasteiger partial charge in [-0.15, -0.1) is 0 Å². The molecule has 0 heterocycles. The van der Waals surface area contributed by atoms with Gasteiger partial charge in [-0.3, -0.25) is 0 Å². The predicted molar refractivity (Wildman–Crippen MR) is 60.5 cm³/mol. The van der Waals surface area contributed by atoms with Crippen LogP contribution < -0.4 is 5.32 Å². The number of hydrogen-bond donors (Lipinski definition) is 1. The van der Waals surface area contributed by atoms with Crippen molar-refractivity contribution in [2.24, 2.45) is 0 Å². The van der Waals surface area contributed by atoms with Gasteiger partial charge in [0.15, 0.2) is 0 Å². The fraction of sp³-hybridized carbons (Fsp3) is 0.538. The summed E-state index contributed by atoms with van der Waals surface area (Å²) < 4.78 is 0. The Morgan fingerprint density at radius 3 is 2.36 bits per heavy atom. The SMILES string of the molecule is CC(C)NC1CC(c2ccccc2)C1. The third-order valence-electron chi connectivity index (χ3n) is 2.98. The van der Waals surface area contributed by atoms with E-state index in [-0.39, 0.29) is 0 Å². The minimum Gasteiger partial charge on any atom is -0.312 e. The van der Waals surface area contributed by atoms with E-state index in [0.717, 1.165) is 12.0 Å². The third kappa shape index (κ3) is 2.16. The van der Waals surface area contributed by atoms with E-state index in [1.807, 2.05) is 0 Å². The monoisotopic (exact) mass is 189 g/mol. The van der Waals surface area contributed by atoms with Crippen LogP contribution in [0.4, 0.5) is 0 Å². The summed E-state index contributed by atoms with van der Waals surface area (Å²) in [6, 6.07) is 12.2. The van der Waals surface area contributed by atoms with Crippen molar-refractivity contribution in [2.75, 3.05) is 0 Å². The summed E-state index contributed by atoms with van der Waals surface area (Å²) >= 11 is 0. The van der Waals surface area contributed by atoms with E-state index in [1.54, 1.807) is 0 Å². The van der Waals surface area contributed by atoms with Crippen molar-refractivity contribution in [3.05, 3.63) is 35.9 Å². The van der Waals surface area contributed by atoms with Crippen molar-refractivity contribution in [2.45, 2.75) is 44.7 Å². The second kappa shape index (κ2) is 4.14. The highest BCUT2D eigenvalue weighted by Crippen LogP contribution is 2.36. The van der Waals surface area contributed by atoms with Gasteiger partial charge in [0.2, 0.25) is 0 Å². The Bertz CT molecular complexity index is 273. The first kappa shape index (κ1) is 9.72. The first-order valence-corrected chi connectivity index (χ1v) is 5.56. The second-order valence-corrected chi connectivity index (χ2v) is 4.60. The van der Waals surface area contributed by atoms with Gasteiger partial charge in [0.05, 0.1) is 0 Å². The average Bonchev–Trinajstić information content (AvgIpc) is 2.12. The van der Waals surface area contributed by atoms with Crippen molar-refractivity contribution in [1.82, 2.24) is 5.32 Å². The Morgan fingerprint density at radius 1 is 1.14 bits per heavy atom. The lowest BCUT2D eigenvalue weighted by Gasteiger charge is -2.37. The molecular formula is C13H19N. The quantitative estimate of drug-likeness (QED) is 0.771. The summed E-state index contributed by atoms with van der Waals surface area (Å²) in [4.78, 5) is 0. The van der Waals surface area contributed by atoms with Crippen LogP contribution in [0.15, 0.2) is 30.3 Å². The van der Waals surface area contributed by atoms with E-state index in [9.17, 15) is 0 Å². The first-order valence-electron chi connectivity index (χ1n) is 5.56. The van der Waals surface area contributed by atoms with Crippen LogP contribution in [0.2, 0.25) is 0 Å². The molecule has 2 rings (SSSR count). The van der Waals surface area contributed by atoms with Gasteiger partial charge in [-0.25, -0.2) is 0 Å². The summed E-state index contributed by atoms with van der Waals surface area (Å²) in [7, 11) is 0. The van der Waals surface area contributed by atoms with Crippen molar-refractivity contribution < 1.29 is 0 Å². The Labute approximate surface area is 86.5 Å². The highest BCUT2D eigenvalue weighted by atomic mass is 15.0. The zero-order chi connectivity index (χ0) is 9.97. The van der Waals surface area contributed by atoms with E-state index in [0.29, 0.717) is 6.04 Å². The van der Waals surface area contributed by atoms with Crippen LogP contribution in [0.5, 0.6) is 0 Å². The molecule has 0 saturated heterocycles. The maximum absolute atomic E-state index is 3.58. The maximum atomic E-state index is 3.58. The van der Waals surface area contributed by atoms with Gasteiger partial charge in [0, 0.05) is 12.1 Å². The van der Waals surface area contributed by atoms with Crippen LogP contribution in [-0.4, -0.2) is 12.1 Å². The Balaban J connectivity index is 1.83. The largest absolute Gasteiger partial charge is 0.312 e. The molecule has 0 aliphatic heterocycles. The standard InChI is InChI=1S/C13H19N/c1-10(2)14-13-8-12(9-13)11-6-4-3-5-7-11/h3-7,10,12-14H,8-9H2,1-2H3. The van der Waals surface area contributed by atoms with Gasteiger partial charge in [0.25, 0.3) is 0 Å². The lowest BCUT2D eigenvalue weighted by molar-refractivity contribution is 0.275. The van der Waals surface area contributed by atoms with Gasteiger partial charge >= 0.3 is 0 Å². The molecule has 0 unspecified atom stereocenters. The summed E-state index contributed by atoms with van der Waals surface area (Å²) in [5, 5.41) is 3.58. The molecule has 0 amide bonds. The molecule has 1 aliphatic rings. The zero-order valence-electron chi connectivity index (χ0n) is 9.03. The van der Waals surface area contributed by atoms with Gasteiger partial charge in [-0.1, -0.05) is 44.2 Å². The average molecular weight is 189 g/mol. The summed E-state index contributed by atoms with van der Waals surface area (Å²) in [6.45, 7) is 4.44. The molecule has 0 bridgehead atoms. The van der Waals surface area contributed by atoms with Crippen molar-refractivity contribution in [3.63, 3.8) is 0 Å². The molecule has 0 atom stereocenters. The molecule has 1 fully saturated rings. The fourth-order valence-corrected chi connectivity index (χ4v) is 2.22. The van der Waals surface area contributed by atoms with Gasteiger partial charge in [0.1, 0.15) is 0 Å². The van der Waals surface area contributed by atoms with E-state index >= 15 is 0 Å². The van der Waals surface area contributed by atoms with Crippen molar-refractivity contribution >= 4 is 0 Å². The summed E-state index contributed by atoms with van der Waals surface area (Å²) in [5.74, 6) is 0.799. The van der Waals surface area contributed by atoms with Crippen LogP contribution in [0, 0.1) is 0 Å². The lowest BCUT2D eigenvalue weighted by Crippen LogP contribution is -2.43. The zero-order valence-corrected chi connectivity index (χ0v) is 9.03. The minimum atomic E-state index is 0.622. The van der Waals surface area contributed by atoms with Crippen LogP contribution in [-0.2, 0) is 0 Å². The first-order chi connectivity index (χ1) is 6.75. The molecule has 1 saturated carbocycles.